The summed E-state index contributed by atoms with van der Waals surface area (Å²) < 4.78 is 0. The van der Waals surface area contributed by atoms with Crippen LogP contribution >= 0.6 is 0 Å². The Labute approximate surface area is 173 Å². The second-order valence-corrected chi connectivity index (χ2v) is 7.60. The molecule has 0 spiro atoms. The first kappa shape index (κ1) is 18.4. The normalized spacial score (nSPS) is 15.2. The first-order valence-electron chi connectivity index (χ1n) is 9.93. The second kappa shape index (κ2) is 7.35. The summed E-state index contributed by atoms with van der Waals surface area (Å²) in [5, 5.41) is 9.90. The average molecular weight is 399 g/mol. The van der Waals surface area contributed by atoms with Gasteiger partial charge in [-0.05, 0) is 30.7 Å². The summed E-state index contributed by atoms with van der Waals surface area (Å²) >= 11 is 0. The molecule has 0 radical (unpaired) electrons. The number of aromatic amines is 1. The Morgan fingerprint density at radius 2 is 1.93 bits per heavy atom. The second-order valence-electron chi connectivity index (χ2n) is 7.60. The number of aromatic nitrogens is 4. The molecule has 7 heteroatoms. The van der Waals surface area contributed by atoms with Crippen LogP contribution in [0.4, 0.5) is 0 Å². The minimum atomic E-state index is -0.550. The van der Waals surface area contributed by atoms with E-state index in [9.17, 15) is 9.90 Å². The van der Waals surface area contributed by atoms with Gasteiger partial charge in [0.1, 0.15) is 0 Å². The van der Waals surface area contributed by atoms with Gasteiger partial charge >= 0.3 is 0 Å². The summed E-state index contributed by atoms with van der Waals surface area (Å²) in [7, 11) is 0. The van der Waals surface area contributed by atoms with Crippen LogP contribution in [0.15, 0.2) is 60.9 Å². The largest absolute Gasteiger partial charge is 0.389 e. The standard InChI is InChI=1S/C23H21N5O2/c1-14(29)15-5-4-6-16(11-15)20-21(25-10-9-24-20)17-12-28(13-17)23(30)22-26-18-7-2-3-8-19(18)27-22/h2-11,14,17,29H,12-13H2,1H3,(H,26,27). The van der Waals surface area contributed by atoms with E-state index in [1.54, 1.807) is 24.2 Å². The third kappa shape index (κ3) is 3.23. The Kier molecular flexibility index (Phi) is 4.52. The van der Waals surface area contributed by atoms with Gasteiger partial charge in [-0.2, -0.15) is 0 Å². The number of nitrogens with zero attached hydrogens (tertiary/aromatic N) is 4. The molecule has 2 aromatic carbocycles. The number of para-hydroxylation sites is 2. The molecule has 3 heterocycles. The van der Waals surface area contributed by atoms with Gasteiger partial charge < -0.3 is 15.0 Å². The maximum Gasteiger partial charge on any atom is 0.289 e. The number of carbonyl (C=O) groups excluding carboxylic acids is 1. The Balaban J connectivity index is 1.36. The van der Waals surface area contributed by atoms with Gasteiger partial charge in [0.2, 0.25) is 0 Å². The topological polar surface area (TPSA) is 95.0 Å². The van der Waals surface area contributed by atoms with Gasteiger partial charge in [-0.25, -0.2) is 4.98 Å². The number of benzene rings is 2. The summed E-state index contributed by atoms with van der Waals surface area (Å²) in [5.41, 5.74) is 5.05. The molecule has 0 bridgehead atoms. The molecular formula is C23H21N5O2. The maximum absolute atomic E-state index is 12.8. The highest BCUT2D eigenvalue weighted by Crippen LogP contribution is 2.33. The van der Waals surface area contributed by atoms with Gasteiger partial charge in [-0.3, -0.25) is 14.8 Å². The third-order valence-electron chi connectivity index (χ3n) is 5.52. The minimum absolute atomic E-state index is 0.107. The molecule has 2 N–H and O–H groups in total. The van der Waals surface area contributed by atoms with Crippen molar-refractivity contribution in [3.05, 3.63) is 78.0 Å². The predicted octanol–water partition coefficient (Wildman–Crippen LogP) is 3.31. The molecule has 1 atom stereocenters. The van der Waals surface area contributed by atoms with Crippen LogP contribution in [-0.2, 0) is 0 Å². The highest BCUT2D eigenvalue weighted by atomic mass is 16.3. The first-order chi connectivity index (χ1) is 14.6. The molecule has 150 valence electrons. The molecular weight excluding hydrogens is 378 g/mol. The molecule has 30 heavy (non-hydrogen) atoms. The SMILES string of the molecule is CC(O)c1cccc(-c2nccnc2C2CN(C(=O)c3nc4ccccc4[nH]3)C2)c1. The molecule has 1 fully saturated rings. The molecule has 7 nitrogen and oxygen atoms in total. The number of hydrogen-bond acceptors (Lipinski definition) is 5. The number of imidazole rings is 1. The molecule has 1 saturated heterocycles. The van der Waals surface area contributed by atoms with Crippen molar-refractivity contribution in [1.82, 2.24) is 24.8 Å². The van der Waals surface area contributed by atoms with Crippen molar-refractivity contribution in [2.75, 3.05) is 13.1 Å². The molecule has 4 aromatic rings. The third-order valence-corrected chi connectivity index (χ3v) is 5.52. The van der Waals surface area contributed by atoms with Crippen LogP contribution in [0.1, 0.15) is 40.8 Å². The first-order valence-corrected chi connectivity index (χ1v) is 9.93. The number of likely N-dealkylation sites (tertiary alicyclic amines) is 1. The van der Waals surface area contributed by atoms with Gasteiger partial charge in [-0.15, -0.1) is 0 Å². The number of carbonyl (C=O) groups is 1. The zero-order valence-corrected chi connectivity index (χ0v) is 16.5. The fourth-order valence-corrected chi connectivity index (χ4v) is 3.84. The number of fused-ring (bicyclic) bond motifs is 1. The molecule has 1 unspecified atom stereocenters. The van der Waals surface area contributed by atoms with Crippen molar-refractivity contribution >= 4 is 16.9 Å². The lowest BCUT2D eigenvalue weighted by Crippen LogP contribution is -2.49. The van der Waals surface area contributed by atoms with Crippen molar-refractivity contribution < 1.29 is 9.90 Å². The van der Waals surface area contributed by atoms with Gasteiger partial charge in [0.15, 0.2) is 5.82 Å². The van der Waals surface area contributed by atoms with Gasteiger partial charge in [0, 0.05) is 37.0 Å². The number of aliphatic hydroxyl groups excluding tert-OH is 1. The van der Waals surface area contributed by atoms with E-state index in [1.807, 2.05) is 48.5 Å². The molecule has 1 aliphatic heterocycles. The van der Waals surface area contributed by atoms with Crippen molar-refractivity contribution in [2.24, 2.45) is 0 Å². The average Bonchev–Trinajstić information content (AvgIpc) is 3.17. The quantitative estimate of drug-likeness (QED) is 0.549. The zero-order chi connectivity index (χ0) is 20.7. The monoisotopic (exact) mass is 399 g/mol. The lowest BCUT2D eigenvalue weighted by atomic mass is 9.91. The Hall–Kier alpha value is -3.58. The van der Waals surface area contributed by atoms with E-state index in [0.717, 1.165) is 33.5 Å². The van der Waals surface area contributed by atoms with Crippen molar-refractivity contribution in [3.8, 4) is 11.3 Å². The number of rotatable bonds is 4. The fraction of sp³-hybridized carbons (Fsp3) is 0.217. The lowest BCUT2D eigenvalue weighted by molar-refractivity contribution is 0.0587. The van der Waals surface area contributed by atoms with Gasteiger partial charge in [0.25, 0.3) is 5.91 Å². The Morgan fingerprint density at radius 1 is 1.13 bits per heavy atom. The summed E-state index contributed by atoms with van der Waals surface area (Å²) in [4.78, 5) is 31.2. The van der Waals surface area contributed by atoms with Crippen LogP contribution in [-0.4, -0.2) is 48.9 Å². The van der Waals surface area contributed by atoms with Crippen LogP contribution in [0.25, 0.3) is 22.3 Å². The molecule has 0 aliphatic carbocycles. The van der Waals surface area contributed by atoms with E-state index < -0.39 is 6.10 Å². The number of H-pyrrole nitrogens is 1. The number of nitrogens with one attached hydrogen (secondary N) is 1. The van der Waals surface area contributed by atoms with E-state index in [4.69, 9.17) is 0 Å². The minimum Gasteiger partial charge on any atom is -0.389 e. The van der Waals surface area contributed by atoms with E-state index in [2.05, 4.69) is 19.9 Å². The molecule has 1 aliphatic rings. The highest BCUT2D eigenvalue weighted by Gasteiger charge is 2.36. The number of amides is 1. The van der Waals surface area contributed by atoms with Crippen LogP contribution in [0.3, 0.4) is 0 Å². The van der Waals surface area contributed by atoms with Gasteiger partial charge in [-0.1, -0.05) is 30.3 Å². The Morgan fingerprint density at radius 3 is 2.73 bits per heavy atom. The van der Waals surface area contributed by atoms with E-state index in [1.165, 1.54) is 0 Å². The maximum atomic E-state index is 12.8. The van der Waals surface area contributed by atoms with Gasteiger partial charge in [0.05, 0.1) is 28.5 Å². The number of hydrogen-bond donors (Lipinski definition) is 2. The van der Waals surface area contributed by atoms with E-state index in [-0.39, 0.29) is 11.8 Å². The van der Waals surface area contributed by atoms with Crippen LogP contribution < -0.4 is 0 Å². The molecule has 2 aromatic heterocycles. The molecule has 0 saturated carbocycles. The summed E-state index contributed by atoms with van der Waals surface area (Å²) in [6, 6.07) is 15.3. The van der Waals surface area contributed by atoms with E-state index >= 15 is 0 Å². The molecule has 1 amide bonds. The predicted molar refractivity (Wildman–Crippen MR) is 113 cm³/mol. The summed E-state index contributed by atoms with van der Waals surface area (Å²) in [6.07, 6.45) is 2.80. The fourth-order valence-electron chi connectivity index (χ4n) is 3.84. The van der Waals surface area contributed by atoms with E-state index in [0.29, 0.717) is 18.9 Å². The highest BCUT2D eigenvalue weighted by molar-refractivity contribution is 5.94. The smallest absolute Gasteiger partial charge is 0.289 e. The molecule has 5 rings (SSSR count). The van der Waals surface area contributed by atoms with Crippen molar-refractivity contribution in [1.29, 1.82) is 0 Å². The summed E-state index contributed by atoms with van der Waals surface area (Å²) in [5.74, 6) is 0.361. The van der Waals surface area contributed by atoms with Crippen molar-refractivity contribution in [2.45, 2.75) is 18.9 Å². The van der Waals surface area contributed by atoms with Crippen LogP contribution in [0, 0.1) is 0 Å². The van der Waals surface area contributed by atoms with Crippen molar-refractivity contribution in [3.63, 3.8) is 0 Å². The number of aliphatic hydroxyl groups is 1. The Bertz CT molecular complexity index is 1190. The van der Waals surface area contributed by atoms with Crippen LogP contribution in [0.2, 0.25) is 0 Å². The zero-order valence-electron chi connectivity index (χ0n) is 16.5. The van der Waals surface area contributed by atoms with Crippen LogP contribution in [0.5, 0.6) is 0 Å². The summed E-state index contributed by atoms with van der Waals surface area (Å²) in [6.45, 7) is 2.87. The lowest BCUT2D eigenvalue weighted by Gasteiger charge is -2.38.